The van der Waals surface area contributed by atoms with E-state index < -0.39 is 0 Å². The number of allylic oxidation sites excluding steroid dienone is 2. The molecule has 3 N–H and O–H groups in total. The monoisotopic (exact) mass is 555 g/mol. The molecule has 3 saturated heterocycles. The molecule has 0 radical (unpaired) electrons. The van der Waals surface area contributed by atoms with Gasteiger partial charge in [0, 0.05) is 61.4 Å². The number of piperidine rings is 1. The fourth-order valence-corrected chi connectivity index (χ4v) is 5.87. The van der Waals surface area contributed by atoms with Gasteiger partial charge in [-0.15, -0.1) is 0 Å². The third-order valence-electron chi connectivity index (χ3n) is 8.05. The Labute approximate surface area is 240 Å². The van der Waals surface area contributed by atoms with Gasteiger partial charge < -0.3 is 30.7 Å². The number of carbonyl (C=O) groups is 3. The van der Waals surface area contributed by atoms with Crippen LogP contribution in [0, 0.1) is 16.7 Å². The maximum atomic E-state index is 13.3. The number of hydrogen-bond acceptors (Lipinski definition) is 6. The lowest BCUT2D eigenvalue weighted by molar-refractivity contribution is -0.130. The lowest BCUT2D eigenvalue weighted by atomic mass is 9.97. The number of likely N-dealkylation sites (tertiary alicyclic amines) is 1. The second-order valence-electron chi connectivity index (χ2n) is 11.4. The Morgan fingerprint density at radius 2 is 1.80 bits per heavy atom. The van der Waals surface area contributed by atoms with Crippen LogP contribution in [0.1, 0.15) is 67.4 Å². The molecule has 0 bridgehead atoms. The van der Waals surface area contributed by atoms with Gasteiger partial charge in [-0.1, -0.05) is 13.0 Å². The van der Waals surface area contributed by atoms with Crippen LogP contribution in [0.2, 0.25) is 0 Å². The molecule has 0 aromatic heterocycles. The summed E-state index contributed by atoms with van der Waals surface area (Å²) in [4.78, 5) is 41.6. The number of fused-ring (bicyclic) bond motifs is 1. The molecule has 3 aliphatic rings. The second kappa shape index (κ2) is 12.1. The highest BCUT2D eigenvalue weighted by atomic mass is 16.5. The summed E-state index contributed by atoms with van der Waals surface area (Å²) in [6, 6.07) is 12.7. The molecule has 2 unspecified atom stereocenters. The van der Waals surface area contributed by atoms with E-state index in [-0.39, 0.29) is 35.5 Å². The van der Waals surface area contributed by atoms with Gasteiger partial charge in [0.15, 0.2) is 0 Å². The Kier molecular flexibility index (Phi) is 8.33. The molecule has 3 aliphatic heterocycles. The first-order valence-electron chi connectivity index (χ1n) is 14.3. The number of nitrogens with zero attached hydrogens (tertiary/aromatic N) is 2. The van der Waals surface area contributed by atoms with Crippen molar-refractivity contribution >= 4 is 29.1 Å². The standard InChI is InChI=1S/C32H37N5O4/c1-20-15-31(39)36(18-20)19-24-5-4-23(32(40)35-25-13-14-37-26(17-25)8-12-30(37)38)16-29(24)41-27-9-6-22(7-10-27)28(34)11-3-21(2)33/h3-7,9-11,16,20,25-26,33-34H,8,12-15,17-19H2,1-2H3,(H,35,40)/b11-3-,33-21?,34-28?/t20-,25?,26?/m0/s1. The van der Waals surface area contributed by atoms with E-state index in [1.54, 1.807) is 55.5 Å². The van der Waals surface area contributed by atoms with Crippen molar-refractivity contribution in [1.82, 2.24) is 15.1 Å². The number of ether oxygens (including phenoxy) is 1. The summed E-state index contributed by atoms with van der Waals surface area (Å²) in [5, 5.41) is 18.9. The third-order valence-corrected chi connectivity index (χ3v) is 8.05. The zero-order valence-corrected chi connectivity index (χ0v) is 23.6. The molecule has 3 amide bonds. The van der Waals surface area contributed by atoms with Crippen molar-refractivity contribution in [3.63, 3.8) is 0 Å². The van der Waals surface area contributed by atoms with E-state index in [0.717, 1.165) is 24.8 Å². The SMILES string of the molecule is CC(=N)/C=C\C(=N)c1ccc(Oc2cc(C(=O)NC3CCN4C(=O)CCC4C3)ccc2CN2C[C@@H](C)CC2=O)cc1. The van der Waals surface area contributed by atoms with Crippen molar-refractivity contribution < 1.29 is 19.1 Å². The summed E-state index contributed by atoms with van der Waals surface area (Å²) in [6.45, 7) is 5.47. The van der Waals surface area contributed by atoms with Gasteiger partial charge in [-0.2, -0.15) is 0 Å². The summed E-state index contributed by atoms with van der Waals surface area (Å²) in [6.07, 6.45) is 6.64. The molecule has 5 rings (SSSR count). The summed E-state index contributed by atoms with van der Waals surface area (Å²) in [5.41, 5.74) is 2.63. The van der Waals surface area contributed by atoms with Crippen LogP contribution in [0.25, 0.3) is 0 Å². The number of rotatable bonds is 9. The topological polar surface area (TPSA) is 127 Å². The number of nitrogens with one attached hydrogen (secondary N) is 3. The Morgan fingerprint density at radius 3 is 2.51 bits per heavy atom. The molecule has 2 aromatic rings. The van der Waals surface area contributed by atoms with E-state index in [1.807, 2.05) is 15.9 Å². The van der Waals surface area contributed by atoms with Crippen molar-refractivity contribution in [3.05, 3.63) is 71.3 Å². The van der Waals surface area contributed by atoms with Crippen LogP contribution in [0.15, 0.2) is 54.6 Å². The molecule has 3 atom stereocenters. The lowest BCUT2D eigenvalue weighted by Crippen LogP contribution is -2.48. The number of benzene rings is 2. The van der Waals surface area contributed by atoms with Crippen LogP contribution < -0.4 is 10.1 Å². The predicted molar refractivity (Wildman–Crippen MR) is 157 cm³/mol. The molecule has 0 aliphatic carbocycles. The Morgan fingerprint density at radius 1 is 1.05 bits per heavy atom. The number of amides is 3. The minimum absolute atomic E-state index is 0.00996. The van der Waals surface area contributed by atoms with E-state index in [9.17, 15) is 14.4 Å². The van der Waals surface area contributed by atoms with Crippen molar-refractivity contribution in [1.29, 1.82) is 10.8 Å². The van der Waals surface area contributed by atoms with Gasteiger partial charge in [0.1, 0.15) is 11.5 Å². The van der Waals surface area contributed by atoms with Crippen molar-refractivity contribution in [2.24, 2.45) is 5.92 Å². The molecule has 214 valence electrons. The van der Waals surface area contributed by atoms with Gasteiger partial charge in [0.05, 0.1) is 5.71 Å². The molecular formula is C32H37N5O4. The van der Waals surface area contributed by atoms with E-state index in [4.69, 9.17) is 15.6 Å². The normalized spacial score (nSPS) is 22.2. The van der Waals surface area contributed by atoms with Crippen molar-refractivity contribution in [3.8, 4) is 11.5 Å². The maximum Gasteiger partial charge on any atom is 0.251 e. The summed E-state index contributed by atoms with van der Waals surface area (Å²) >= 11 is 0. The van der Waals surface area contributed by atoms with Gasteiger partial charge in [0.2, 0.25) is 11.8 Å². The van der Waals surface area contributed by atoms with E-state index >= 15 is 0 Å². The molecule has 0 saturated carbocycles. The van der Waals surface area contributed by atoms with E-state index in [1.165, 1.54) is 0 Å². The largest absolute Gasteiger partial charge is 0.457 e. The van der Waals surface area contributed by atoms with Crippen molar-refractivity contribution in [2.75, 3.05) is 13.1 Å². The molecule has 9 nitrogen and oxygen atoms in total. The van der Waals surface area contributed by atoms with Crippen LogP contribution in [0.3, 0.4) is 0 Å². The van der Waals surface area contributed by atoms with Gasteiger partial charge >= 0.3 is 0 Å². The third kappa shape index (κ3) is 6.73. The van der Waals surface area contributed by atoms with Crippen LogP contribution >= 0.6 is 0 Å². The van der Waals surface area contributed by atoms with Gasteiger partial charge in [0.25, 0.3) is 5.91 Å². The highest BCUT2D eigenvalue weighted by Crippen LogP contribution is 2.31. The number of carbonyl (C=O) groups excluding carboxylic acids is 3. The molecule has 9 heteroatoms. The van der Waals surface area contributed by atoms with Crippen molar-refractivity contribution in [2.45, 2.75) is 64.6 Å². The van der Waals surface area contributed by atoms with Crippen LogP contribution in [0.5, 0.6) is 11.5 Å². The first-order chi connectivity index (χ1) is 19.7. The molecule has 41 heavy (non-hydrogen) atoms. The average Bonchev–Trinajstić information content (AvgIpc) is 3.47. The zero-order chi connectivity index (χ0) is 29.1. The van der Waals surface area contributed by atoms with Crippen LogP contribution in [-0.4, -0.2) is 64.1 Å². The number of hydrogen-bond donors (Lipinski definition) is 3. The maximum absolute atomic E-state index is 13.3. The second-order valence-corrected chi connectivity index (χ2v) is 11.4. The fourth-order valence-electron chi connectivity index (χ4n) is 5.87. The molecule has 0 spiro atoms. The Hall–Kier alpha value is -4.27. The molecular weight excluding hydrogens is 518 g/mol. The van der Waals surface area contributed by atoms with Crippen LogP contribution in [0.4, 0.5) is 0 Å². The first kappa shape index (κ1) is 28.3. The van der Waals surface area contributed by atoms with Crippen LogP contribution in [-0.2, 0) is 16.1 Å². The molecule has 3 heterocycles. The van der Waals surface area contributed by atoms with Gasteiger partial charge in [-0.25, -0.2) is 0 Å². The predicted octanol–water partition coefficient (Wildman–Crippen LogP) is 4.69. The van der Waals surface area contributed by atoms with E-state index in [0.29, 0.717) is 66.7 Å². The van der Waals surface area contributed by atoms with Gasteiger partial charge in [-0.3, -0.25) is 14.4 Å². The Bertz CT molecular complexity index is 1400. The zero-order valence-electron chi connectivity index (χ0n) is 23.6. The summed E-state index contributed by atoms with van der Waals surface area (Å²) in [7, 11) is 0. The van der Waals surface area contributed by atoms with E-state index in [2.05, 4.69) is 12.2 Å². The Balaban J connectivity index is 1.33. The van der Waals surface area contributed by atoms with Gasteiger partial charge in [-0.05, 0) is 86.2 Å². The highest BCUT2D eigenvalue weighted by molar-refractivity contribution is 6.09. The fraction of sp³-hybridized carbons (Fsp3) is 0.406. The summed E-state index contributed by atoms with van der Waals surface area (Å²) < 4.78 is 6.28. The lowest BCUT2D eigenvalue weighted by Gasteiger charge is -2.35. The smallest absolute Gasteiger partial charge is 0.251 e. The highest BCUT2D eigenvalue weighted by Gasteiger charge is 2.36. The molecule has 2 aromatic carbocycles. The quantitative estimate of drug-likeness (QED) is 0.388. The summed E-state index contributed by atoms with van der Waals surface area (Å²) in [5.74, 6) is 1.48. The minimum Gasteiger partial charge on any atom is -0.457 e. The minimum atomic E-state index is -0.188. The first-order valence-corrected chi connectivity index (χ1v) is 14.3. The molecule has 3 fully saturated rings. The average molecular weight is 556 g/mol.